The molecule has 1 heterocycles. The van der Waals surface area contributed by atoms with E-state index in [2.05, 4.69) is 12.2 Å². The zero-order valence-electron chi connectivity index (χ0n) is 19.9. The normalized spacial score (nSPS) is 13.2. The third kappa shape index (κ3) is 5.26. The Morgan fingerprint density at radius 1 is 0.917 bits per heavy atom. The number of ether oxygens (including phenoxy) is 2. The molecule has 3 aromatic carbocycles. The first-order chi connectivity index (χ1) is 17.4. The third-order valence-electron chi connectivity index (χ3n) is 5.50. The zero-order chi connectivity index (χ0) is 25.7. The first kappa shape index (κ1) is 25.0. The second kappa shape index (κ2) is 11.1. The highest BCUT2D eigenvalue weighted by Gasteiger charge is 2.40. The zero-order valence-corrected chi connectivity index (χ0v) is 20.7. The highest BCUT2D eigenvalue weighted by atomic mass is 35.5. The molecule has 7 nitrogen and oxygen atoms in total. The standard InChI is InChI=1S/C28H25ClN2O5/c1-3-7-18-10-16-21(17-11-18)36-28(34)19-12-14-20(15-13-19)30-25-24(29)26(32)31(27(25)33)22-8-5-6-9-23(22)35-4-2/h5-6,8-17,30H,3-4,7H2,1-2H3. The van der Waals surface area contributed by atoms with Crippen molar-refractivity contribution in [3.8, 4) is 11.5 Å². The minimum absolute atomic E-state index is 0.0598. The quantitative estimate of drug-likeness (QED) is 0.229. The molecule has 0 saturated heterocycles. The van der Waals surface area contributed by atoms with Gasteiger partial charge in [0.05, 0.1) is 17.9 Å². The molecule has 0 bridgehead atoms. The Labute approximate surface area is 214 Å². The Kier molecular flexibility index (Phi) is 7.71. The molecule has 0 unspecified atom stereocenters. The van der Waals surface area contributed by atoms with Gasteiger partial charge in [0.1, 0.15) is 22.2 Å². The summed E-state index contributed by atoms with van der Waals surface area (Å²) >= 11 is 6.24. The number of amides is 2. The number of benzene rings is 3. The van der Waals surface area contributed by atoms with Crippen LogP contribution in [0.1, 0.15) is 36.2 Å². The minimum Gasteiger partial charge on any atom is -0.492 e. The van der Waals surface area contributed by atoms with Gasteiger partial charge in [0.25, 0.3) is 11.8 Å². The summed E-state index contributed by atoms with van der Waals surface area (Å²) in [5.41, 5.74) is 2.24. The van der Waals surface area contributed by atoms with Crippen LogP contribution in [0.2, 0.25) is 0 Å². The average molecular weight is 505 g/mol. The monoisotopic (exact) mass is 504 g/mol. The summed E-state index contributed by atoms with van der Waals surface area (Å²) in [7, 11) is 0. The van der Waals surface area contributed by atoms with Crippen molar-refractivity contribution in [3.63, 3.8) is 0 Å². The molecule has 0 saturated carbocycles. The van der Waals surface area contributed by atoms with Crippen molar-refractivity contribution < 1.29 is 23.9 Å². The molecule has 36 heavy (non-hydrogen) atoms. The SMILES string of the molecule is CCCc1ccc(OC(=O)c2ccc(NC3=C(Cl)C(=O)N(c4ccccc4OCC)C3=O)cc2)cc1. The summed E-state index contributed by atoms with van der Waals surface area (Å²) in [4.78, 5) is 39.4. The molecule has 0 radical (unpaired) electrons. The molecule has 2 amide bonds. The molecule has 184 valence electrons. The third-order valence-corrected chi connectivity index (χ3v) is 5.85. The smallest absolute Gasteiger partial charge is 0.343 e. The number of anilines is 2. The molecule has 1 N–H and O–H groups in total. The summed E-state index contributed by atoms with van der Waals surface area (Å²) in [5.74, 6) is -0.904. The van der Waals surface area contributed by atoms with E-state index in [1.165, 1.54) is 5.56 Å². The van der Waals surface area contributed by atoms with Gasteiger partial charge in [0.15, 0.2) is 0 Å². The maximum absolute atomic E-state index is 13.1. The van der Waals surface area contributed by atoms with Crippen LogP contribution < -0.4 is 19.7 Å². The van der Waals surface area contributed by atoms with E-state index in [4.69, 9.17) is 21.1 Å². The Morgan fingerprint density at radius 2 is 1.61 bits per heavy atom. The minimum atomic E-state index is -0.651. The number of rotatable bonds is 9. The van der Waals surface area contributed by atoms with Crippen LogP contribution in [0.4, 0.5) is 11.4 Å². The molecule has 8 heteroatoms. The van der Waals surface area contributed by atoms with Gasteiger partial charge in [0, 0.05) is 5.69 Å². The van der Waals surface area contributed by atoms with Crippen LogP contribution in [0.25, 0.3) is 0 Å². The lowest BCUT2D eigenvalue weighted by molar-refractivity contribution is -0.120. The molecule has 0 aromatic heterocycles. The van der Waals surface area contributed by atoms with E-state index in [0.717, 1.165) is 17.7 Å². The summed E-state index contributed by atoms with van der Waals surface area (Å²) < 4.78 is 11.0. The molecule has 3 aromatic rings. The molecule has 1 aliphatic rings. The lowest BCUT2D eigenvalue weighted by Crippen LogP contribution is -2.32. The Morgan fingerprint density at radius 3 is 2.28 bits per heavy atom. The van der Waals surface area contributed by atoms with Gasteiger partial charge in [-0.2, -0.15) is 0 Å². The topological polar surface area (TPSA) is 84.9 Å². The Bertz CT molecular complexity index is 1320. The van der Waals surface area contributed by atoms with Gasteiger partial charge in [0.2, 0.25) is 0 Å². The molecule has 4 rings (SSSR count). The summed E-state index contributed by atoms with van der Waals surface area (Å²) in [6, 6.07) is 20.5. The summed E-state index contributed by atoms with van der Waals surface area (Å²) in [6.45, 7) is 4.29. The van der Waals surface area contributed by atoms with Gasteiger partial charge < -0.3 is 14.8 Å². The van der Waals surface area contributed by atoms with Crippen LogP contribution in [-0.2, 0) is 16.0 Å². The van der Waals surface area contributed by atoms with Gasteiger partial charge in [-0.15, -0.1) is 0 Å². The molecule has 0 aliphatic carbocycles. The number of imide groups is 1. The fourth-order valence-corrected chi connectivity index (χ4v) is 3.97. The van der Waals surface area contributed by atoms with Crippen LogP contribution in [-0.4, -0.2) is 24.4 Å². The van der Waals surface area contributed by atoms with E-state index >= 15 is 0 Å². The average Bonchev–Trinajstić information content (AvgIpc) is 3.09. The van der Waals surface area contributed by atoms with Crippen LogP contribution in [0.5, 0.6) is 11.5 Å². The molecular weight excluding hydrogens is 480 g/mol. The maximum atomic E-state index is 13.1. The lowest BCUT2D eigenvalue weighted by Gasteiger charge is -2.18. The molecule has 1 aliphatic heterocycles. The fourth-order valence-electron chi connectivity index (χ4n) is 3.76. The number of halogens is 1. The van der Waals surface area contributed by atoms with Crippen molar-refractivity contribution in [1.82, 2.24) is 0 Å². The van der Waals surface area contributed by atoms with Gasteiger partial charge in [-0.05, 0) is 67.4 Å². The number of carbonyl (C=O) groups excluding carboxylic acids is 3. The lowest BCUT2D eigenvalue weighted by atomic mass is 10.1. The van der Waals surface area contributed by atoms with E-state index in [1.807, 2.05) is 19.1 Å². The number of carbonyl (C=O) groups is 3. The predicted molar refractivity (Wildman–Crippen MR) is 138 cm³/mol. The molecular formula is C28H25ClN2O5. The van der Waals surface area contributed by atoms with E-state index < -0.39 is 17.8 Å². The van der Waals surface area contributed by atoms with Gasteiger partial charge in [-0.3, -0.25) is 9.59 Å². The van der Waals surface area contributed by atoms with Crippen molar-refractivity contribution in [1.29, 1.82) is 0 Å². The van der Waals surface area contributed by atoms with Crippen molar-refractivity contribution in [2.75, 3.05) is 16.8 Å². The van der Waals surface area contributed by atoms with Gasteiger partial charge >= 0.3 is 5.97 Å². The number of nitrogens with one attached hydrogen (secondary N) is 1. The van der Waals surface area contributed by atoms with Crippen LogP contribution in [0.15, 0.2) is 83.5 Å². The number of hydrogen-bond acceptors (Lipinski definition) is 6. The number of hydrogen-bond donors (Lipinski definition) is 1. The van der Waals surface area contributed by atoms with Crippen molar-refractivity contribution in [2.24, 2.45) is 0 Å². The molecule has 0 spiro atoms. The molecule has 0 fully saturated rings. The Balaban J connectivity index is 1.45. The second-order valence-corrected chi connectivity index (χ2v) is 8.40. The van der Waals surface area contributed by atoms with Crippen molar-refractivity contribution >= 4 is 40.8 Å². The van der Waals surface area contributed by atoms with Gasteiger partial charge in [-0.1, -0.05) is 49.2 Å². The fraction of sp³-hybridized carbons (Fsp3) is 0.179. The van der Waals surface area contributed by atoms with Crippen LogP contribution >= 0.6 is 11.6 Å². The predicted octanol–water partition coefficient (Wildman–Crippen LogP) is 5.69. The van der Waals surface area contributed by atoms with Crippen LogP contribution in [0, 0.1) is 0 Å². The maximum Gasteiger partial charge on any atom is 0.343 e. The number of aryl methyl sites for hydroxylation is 1. The Hall–Kier alpha value is -4.10. The van der Waals surface area contributed by atoms with Crippen molar-refractivity contribution in [3.05, 3.63) is 94.7 Å². The first-order valence-electron chi connectivity index (χ1n) is 11.6. The number of esters is 1. The van der Waals surface area contributed by atoms with E-state index in [0.29, 0.717) is 35.0 Å². The highest BCUT2D eigenvalue weighted by molar-refractivity contribution is 6.53. The number of para-hydroxylation sites is 2. The number of nitrogens with zero attached hydrogens (tertiary/aromatic N) is 1. The van der Waals surface area contributed by atoms with E-state index in [1.54, 1.807) is 60.7 Å². The first-order valence-corrected chi connectivity index (χ1v) is 12.0. The largest absolute Gasteiger partial charge is 0.492 e. The van der Waals surface area contributed by atoms with E-state index in [-0.39, 0.29) is 10.7 Å². The van der Waals surface area contributed by atoms with Gasteiger partial charge in [-0.25, -0.2) is 9.69 Å². The van der Waals surface area contributed by atoms with Crippen LogP contribution in [0.3, 0.4) is 0 Å². The van der Waals surface area contributed by atoms with E-state index in [9.17, 15) is 14.4 Å². The second-order valence-electron chi connectivity index (χ2n) is 8.02. The summed E-state index contributed by atoms with van der Waals surface area (Å²) in [6.07, 6.45) is 2.01. The van der Waals surface area contributed by atoms with Crippen molar-refractivity contribution in [2.45, 2.75) is 26.7 Å². The highest BCUT2D eigenvalue weighted by Crippen LogP contribution is 2.35. The summed E-state index contributed by atoms with van der Waals surface area (Å²) in [5, 5.41) is 2.66. The molecule has 0 atom stereocenters.